The molecule has 0 unspecified atom stereocenters. The van der Waals surface area contributed by atoms with Crippen LogP contribution in [0.5, 0.6) is 0 Å². The van der Waals surface area contributed by atoms with Crippen molar-refractivity contribution in [2.75, 3.05) is 62.3 Å². The van der Waals surface area contributed by atoms with Crippen LogP contribution in [-0.4, -0.2) is 73.3 Å². The highest BCUT2D eigenvalue weighted by atomic mass is 35.5. The van der Waals surface area contributed by atoms with E-state index in [0.29, 0.717) is 47.9 Å². The fourth-order valence-electron chi connectivity index (χ4n) is 4.37. The molecule has 0 radical (unpaired) electrons. The van der Waals surface area contributed by atoms with Crippen LogP contribution in [0, 0.1) is 0 Å². The van der Waals surface area contributed by atoms with E-state index in [9.17, 15) is 4.79 Å². The molecule has 2 fully saturated rings. The summed E-state index contributed by atoms with van der Waals surface area (Å²) in [4.78, 5) is 28.4. The molecule has 3 heterocycles. The van der Waals surface area contributed by atoms with Gasteiger partial charge in [0.05, 0.1) is 13.2 Å². The van der Waals surface area contributed by atoms with E-state index in [1.54, 1.807) is 0 Å². The van der Waals surface area contributed by atoms with Crippen molar-refractivity contribution in [3.8, 4) is 0 Å². The second-order valence-electron chi connectivity index (χ2n) is 8.68. The lowest BCUT2D eigenvalue weighted by Gasteiger charge is -2.36. The van der Waals surface area contributed by atoms with Crippen molar-refractivity contribution < 1.29 is 9.53 Å². The van der Waals surface area contributed by atoms with Crippen LogP contribution in [0.25, 0.3) is 0 Å². The number of piperazine rings is 1. The van der Waals surface area contributed by atoms with Gasteiger partial charge in [-0.05, 0) is 35.9 Å². The molecule has 0 saturated carbocycles. The van der Waals surface area contributed by atoms with E-state index in [4.69, 9.17) is 32.9 Å². The van der Waals surface area contributed by atoms with E-state index in [2.05, 4.69) is 20.9 Å². The average molecular weight is 545 g/mol. The Balaban J connectivity index is 1.21. The first kappa shape index (κ1) is 25.1. The maximum Gasteiger partial charge on any atom is 0.254 e. The van der Waals surface area contributed by atoms with Crippen molar-refractivity contribution in [1.29, 1.82) is 0 Å². The largest absolute Gasteiger partial charge is 0.378 e. The predicted molar refractivity (Wildman–Crippen MR) is 146 cm³/mol. The molecule has 2 aliphatic heterocycles. The number of hydrogen-bond acceptors (Lipinski definition) is 7. The van der Waals surface area contributed by atoms with Crippen molar-refractivity contribution in [3.63, 3.8) is 0 Å². The fourth-order valence-corrected chi connectivity index (χ4v) is 5.58. The first-order valence-corrected chi connectivity index (χ1v) is 13.7. The van der Waals surface area contributed by atoms with Crippen LogP contribution in [0.2, 0.25) is 10.2 Å². The first-order chi connectivity index (χ1) is 17.5. The molecule has 10 heteroatoms. The number of aromatic nitrogens is 2. The summed E-state index contributed by atoms with van der Waals surface area (Å²) in [6.45, 7) is 5.83. The van der Waals surface area contributed by atoms with Gasteiger partial charge in [0.15, 0.2) is 5.16 Å². The Bertz CT molecular complexity index is 1220. The SMILES string of the molecule is O=C(c1cccc(CSc2nc(Cl)cc(N3CCN(c4cccc(Cl)c4)CC3)n2)c1)N1CCOCC1. The molecular weight excluding hydrogens is 517 g/mol. The van der Waals surface area contributed by atoms with E-state index < -0.39 is 0 Å². The van der Waals surface area contributed by atoms with Gasteiger partial charge in [0.2, 0.25) is 0 Å². The van der Waals surface area contributed by atoms with Gasteiger partial charge in [-0.25, -0.2) is 9.97 Å². The summed E-state index contributed by atoms with van der Waals surface area (Å²) in [6.07, 6.45) is 0. The number of halogens is 2. The number of carbonyl (C=O) groups excluding carboxylic acids is 1. The Kier molecular flexibility index (Phi) is 8.16. The van der Waals surface area contributed by atoms with Gasteiger partial charge in [0.25, 0.3) is 5.91 Å². The van der Waals surface area contributed by atoms with Crippen LogP contribution in [0.1, 0.15) is 15.9 Å². The highest BCUT2D eigenvalue weighted by Gasteiger charge is 2.21. The molecular formula is C26H27Cl2N5O2S. The van der Waals surface area contributed by atoms with Gasteiger partial charge in [0.1, 0.15) is 11.0 Å². The summed E-state index contributed by atoms with van der Waals surface area (Å²) >= 11 is 14.0. The molecule has 1 aromatic heterocycles. The zero-order chi connectivity index (χ0) is 24.9. The summed E-state index contributed by atoms with van der Waals surface area (Å²) in [5.74, 6) is 1.52. The van der Waals surface area contributed by atoms with E-state index in [1.807, 2.05) is 53.4 Å². The van der Waals surface area contributed by atoms with E-state index in [-0.39, 0.29) is 5.91 Å². The molecule has 0 aliphatic carbocycles. The molecule has 188 valence electrons. The minimum absolute atomic E-state index is 0.0448. The Hall–Kier alpha value is -2.52. The number of nitrogens with zero attached hydrogens (tertiary/aromatic N) is 5. The Labute approximate surface area is 225 Å². The van der Waals surface area contributed by atoms with Gasteiger partial charge in [-0.3, -0.25) is 4.79 Å². The van der Waals surface area contributed by atoms with Crippen LogP contribution in [0.3, 0.4) is 0 Å². The van der Waals surface area contributed by atoms with E-state index in [1.165, 1.54) is 11.8 Å². The van der Waals surface area contributed by atoms with Gasteiger partial charge in [-0.15, -0.1) is 0 Å². The van der Waals surface area contributed by atoms with Crippen LogP contribution in [0.4, 0.5) is 11.5 Å². The third-order valence-corrected chi connectivity index (χ3v) is 7.63. The summed E-state index contributed by atoms with van der Waals surface area (Å²) in [5, 5.41) is 1.80. The molecule has 0 spiro atoms. The molecule has 7 nitrogen and oxygen atoms in total. The Morgan fingerprint density at radius 2 is 1.64 bits per heavy atom. The molecule has 0 bridgehead atoms. The zero-order valence-corrected chi connectivity index (χ0v) is 22.1. The number of ether oxygens (including phenoxy) is 1. The first-order valence-electron chi connectivity index (χ1n) is 11.9. The van der Waals surface area contributed by atoms with Crippen LogP contribution in [0.15, 0.2) is 59.8 Å². The quantitative estimate of drug-likeness (QED) is 0.249. The topological polar surface area (TPSA) is 61.8 Å². The fraction of sp³-hybridized carbons (Fsp3) is 0.346. The molecule has 2 aromatic carbocycles. The highest BCUT2D eigenvalue weighted by molar-refractivity contribution is 7.98. The monoisotopic (exact) mass is 543 g/mol. The third kappa shape index (κ3) is 6.24. The summed E-state index contributed by atoms with van der Waals surface area (Å²) < 4.78 is 5.36. The lowest BCUT2D eigenvalue weighted by molar-refractivity contribution is 0.0303. The van der Waals surface area contributed by atoms with Crippen LogP contribution < -0.4 is 9.80 Å². The lowest BCUT2D eigenvalue weighted by Crippen LogP contribution is -2.46. The maximum absolute atomic E-state index is 12.8. The second kappa shape index (κ2) is 11.7. The van der Waals surface area contributed by atoms with Crippen molar-refractivity contribution >= 4 is 52.4 Å². The molecule has 1 amide bonds. The van der Waals surface area contributed by atoms with Gasteiger partial charge in [0, 0.05) is 67.4 Å². The summed E-state index contributed by atoms with van der Waals surface area (Å²) in [5.41, 5.74) is 2.87. The number of carbonyl (C=O) groups is 1. The highest BCUT2D eigenvalue weighted by Crippen LogP contribution is 2.27. The van der Waals surface area contributed by atoms with Gasteiger partial charge < -0.3 is 19.4 Å². The number of anilines is 2. The van der Waals surface area contributed by atoms with E-state index in [0.717, 1.165) is 48.3 Å². The molecule has 0 atom stereocenters. The van der Waals surface area contributed by atoms with Crippen LogP contribution >= 0.6 is 35.0 Å². The number of rotatable bonds is 6. The zero-order valence-electron chi connectivity index (χ0n) is 19.8. The number of benzene rings is 2. The number of hydrogen-bond donors (Lipinski definition) is 0. The van der Waals surface area contributed by atoms with Gasteiger partial charge in [-0.1, -0.05) is 53.2 Å². The number of amides is 1. The minimum Gasteiger partial charge on any atom is -0.378 e. The molecule has 5 rings (SSSR count). The molecule has 2 saturated heterocycles. The predicted octanol–water partition coefficient (Wildman–Crippen LogP) is 4.87. The second-order valence-corrected chi connectivity index (χ2v) is 10.4. The van der Waals surface area contributed by atoms with Crippen molar-refractivity contribution in [3.05, 3.63) is 75.9 Å². The number of thioether (sulfide) groups is 1. The lowest BCUT2D eigenvalue weighted by atomic mass is 10.1. The van der Waals surface area contributed by atoms with E-state index >= 15 is 0 Å². The minimum atomic E-state index is 0.0448. The maximum atomic E-state index is 12.8. The Morgan fingerprint density at radius 1 is 0.889 bits per heavy atom. The van der Waals surface area contributed by atoms with Crippen molar-refractivity contribution in [2.45, 2.75) is 10.9 Å². The number of morpholine rings is 1. The van der Waals surface area contributed by atoms with Gasteiger partial charge >= 0.3 is 0 Å². The normalized spacial score (nSPS) is 16.3. The standard InChI is InChI=1S/C26H27Cl2N5O2S/c27-21-5-2-6-22(16-21)31-7-9-32(10-8-31)24-17-23(28)29-26(30-24)36-18-19-3-1-4-20(15-19)25(34)33-11-13-35-14-12-33/h1-6,15-17H,7-14,18H2. The molecule has 2 aliphatic rings. The third-order valence-electron chi connectivity index (χ3n) is 6.28. The molecule has 3 aromatic rings. The van der Waals surface area contributed by atoms with Crippen LogP contribution in [-0.2, 0) is 10.5 Å². The van der Waals surface area contributed by atoms with Gasteiger partial charge in [-0.2, -0.15) is 0 Å². The van der Waals surface area contributed by atoms with Crippen molar-refractivity contribution in [2.24, 2.45) is 0 Å². The average Bonchev–Trinajstić information content (AvgIpc) is 2.92. The smallest absolute Gasteiger partial charge is 0.254 e. The Morgan fingerprint density at radius 3 is 2.42 bits per heavy atom. The molecule has 36 heavy (non-hydrogen) atoms. The molecule has 0 N–H and O–H groups in total. The summed E-state index contributed by atoms with van der Waals surface area (Å²) in [6, 6.07) is 17.5. The summed E-state index contributed by atoms with van der Waals surface area (Å²) in [7, 11) is 0. The van der Waals surface area contributed by atoms with Crippen molar-refractivity contribution in [1.82, 2.24) is 14.9 Å².